The predicted octanol–water partition coefficient (Wildman–Crippen LogP) is 3.83. The van der Waals surface area contributed by atoms with Crippen LogP contribution in [0, 0.1) is 5.92 Å². The zero-order valence-electron chi connectivity index (χ0n) is 10.7. The molecule has 2 rings (SSSR count). The summed E-state index contributed by atoms with van der Waals surface area (Å²) in [5, 5.41) is 0. The normalized spacial score (nSPS) is 21.1. The van der Waals surface area contributed by atoms with Crippen molar-refractivity contribution >= 4 is 11.4 Å². The van der Waals surface area contributed by atoms with Gasteiger partial charge in [0, 0.05) is 30.0 Å². The topological polar surface area (TPSA) is 29.3 Å². The van der Waals surface area contributed by atoms with Crippen LogP contribution >= 0.6 is 0 Å². The van der Waals surface area contributed by atoms with Gasteiger partial charge in [0.1, 0.15) is 0 Å². The Labute approximate surface area is 107 Å². The Morgan fingerprint density at radius 2 is 2.06 bits per heavy atom. The number of alkyl halides is 2. The summed E-state index contributed by atoms with van der Waals surface area (Å²) in [6.45, 7) is 3.93. The van der Waals surface area contributed by atoms with Gasteiger partial charge in [0.05, 0.1) is 0 Å². The molecule has 0 bridgehead atoms. The monoisotopic (exact) mass is 254 g/mol. The lowest BCUT2D eigenvalue weighted by Crippen LogP contribution is -2.25. The number of halogens is 2. The number of benzene rings is 1. The Balaban J connectivity index is 2.26. The molecule has 1 heterocycles. The zero-order chi connectivity index (χ0) is 13.1. The van der Waals surface area contributed by atoms with Crippen molar-refractivity contribution in [2.45, 2.75) is 32.6 Å². The molecule has 1 aromatic rings. The van der Waals surface area contributed by atoms with Crippen molar-refractivity contribution in [1.82, 2.24) is 0 Å². The van der Waals surface area contributed by atoms with E-state index in [0.29, 0.717) is 17.3 Å². The number of hydrogen-bond acceptors (Lipinski definition) is 2. The first-order valence-corrected chi connectivity index (χ1v) is 6.50. The summed E-state index contributed by atoms with van der Waals surface area (Å²) >= 11 is 0. The molecule has 1 aromatic carbocycles. The molecule has 100 valence electrons. The van der Waals surface area contributed by atoms with Gasteiger partial charge in [0.25, 0.3) is 6.43 Å². The van der Waals surface area contributed by atoms with Gasteiger partial charge in [-0.25, -0.2) is 8.78 Å². The fraction of sp³-hybridized carbons (Fsp3) is 0.571. The van der Waals surface area contributed by atoms with Crippen LogP contribution in [0.4, 0.5) is 20.2 Å². The lowest BCUT2D eigenvalue weighted by atomic mass is 10.0. The molecule has 1 saturated heterocycles. The van der Waals surface area contributed by atoms with Crippen molar-refractivity contribution in [3.8, 4) is 0 Å². The molecule has 1 atom stereocenters. The molecule has 0 saturated carbocycles. The number of anilines is 2. The molecule has 0 radical (unpaired) electrons. The van der Waals surface area contributed by atoms with Crippen LogP contribution < -0.4 is 10.6 Å². The molecule has 2 N–H and O–H groups in total. The van der Waals surface area contributed by atoms with Crippen LogP contribution in [-0.2, 0) is 0 Å². The Hall–Kier alpha value is -1.32. The van der Waals surface area contributed by atoms with E-state index < -0.39 is 6.43 Å². The highest BCUT2D eigenvalue weighted by Crippen LogP contribution is 2.33. The molecule has 0 aromatic heterocycles. The van der Waals surface area contributed by atoms with E-state index in [0.717, 1.165) is 25.9 Å². The van der Waals surface area contributed by atoms with E-state index in [1.807, 2.05) is 0 Å². The maximum absolute atomic E-state index is 13.1. The summed E-state index contributed by atoms with van der Waals surface area (Å²) in [5.41, 5.74) is 6.70. The number of hydrogen-bond donors (Lipinski definition) is 1. The van der Waals surface area contributed by atoms with Crippen LogP contribution in [0.5, 0.6) is 0 Å². The van der Waals surface area contributed by atoms with Crippen molar-refractivity contribution in [2.24, 2.45) is 5.92 Å². The molecule has 0 spiro atoms. The summed E-state index contributed by atoms with van der Waals surface area (Å²) in [7, 11) is 0. The van der Waals surface area contributed by atoms with Crippen LogP contribution in [0.2, 0.25) is 0 Å². The van der Waals surface area contributed by atoms with Crippen LogP contribution in [0.3, 0.4) is 0 Å². The first-order chi connectivity index (χ1) is 8.58. The fourth-order valence-corrected chi connectivity index (χ4v) is 2.54. The molecule has 1 unspecified atom stereocenters. The van der Waals surface area contributed by atoms with E-state index >= 15 is 0 Å². The second kappa shape index (κ2) is 5.55. The standard InChI is InChI=1S/C14H20F2N2/c1-10-3-2-7-18(8-6-10)13-5-4-11(17)9-12(13)14(15)16/h4-5,9-10,14H,2-3,6-8,17H2,1H3. The minimum absolute atomic E-state index is 0.0598. The molecule has 1 aliphatic heterocycles. The van der Waals surface area contributed by atoms with Gasteiger partial charge in [-0.05, 0) is 43.4 Å². The van der Waals surface area contributed by atoms with E-state index in [-0.39, 0.29) is 5.56 Å². The van der Waals surface area contributed by atoms with E-state index in [1.54, 1.807) is 12.1 Å². The van der Waals surface area contributed by atoms with Crippen molar-refractivity contribution in [3.63, 3.8) is 0 Å². The summed E-state index contributed by atoms with van der Waals surface area (Å²) in [4.78, 5) is 2.07. The van der Waals surface area contributed by atoms with Crippen molar-refractivity contribution in [3.05, 3.63) is 23.8 Å². The SMILES string of the molecule is CC1CCCN(c2ccc(N)cc2C(F)F)CC1. The van der Waals surface area contributed by atoms with Gasteiger partial charge in [0.2, 0.25) is 0 Å². The maximum atomic E-state index is 13.1. The summed E-state index contributed by atoms with van der Waals surface area (Å²) in [6, 6.07) is 4.83. The van der Waals surface area contributed by atoms with Crippen molar-refractivity contribution in [1.29, 1.82) is 0 Å². The molecule has 2 nitrogen and oxygen atoms in total. The van der Waals surface area contributed by atoms with Crippen LogP contribution in [0.25, 0.3) is 0 Å². The molecule has 4 heteroatoms. The summed E-state index contributed by atoms with van der Waals surface area (Å²) in [6.07, 6.45) is 0.834. The molecule has 1 aliphatic rings. The molecule has 0 amide bonds. The highest BCUT2D eigenvalue weighted by atomic mass is 19.3. The van der Waals surface area contributed by atoms with Crippen molar-refractivity contribution < 1.29 is 8.78 Å². The molecular formula is C14H20F2N2. The van der Waals surface area contributed by atoms with Crippen LogP contribution in [-0.4, -0.2) is 13.1 Å². The molecule has 18 heavy (non-hydrogen) atoms. The summed E-state index contributed by atoms with van der Waals surface area (Å²) < 4.78 is 26.1. The van der Waals surface area contributed by atoms with Gasteiger partial charge in [0.15, 0.2) is 0 Å². The minimum Gasteiger partial charge on any atom is -0.399 e. The maximum Gasteiger partial charge on any atom is 0.265 e. The third kappa shape index (κ3) is 2.92. The highest BCUT2D eigenvalue weighted by Gasteiger charge is 2.20. The lowest BCUT2D eigenvalue weighted by Gasteiger charge is -2.25. The lowest BCUT2D eigenvalue weighted by molar-refractivity contribution is 0.152. The largest absolute Gasteiger partial charge is 0.399 e. The van der Waals surface area contributed by atoms with Crippen molar-refractivity contribution in [2.75, 3.05) is 23.7 Å². The van der Waals surface area contributed by atoms with E-state index in [1.165, 1.54) is 12.5 Å². The quantitative estimate of drug-likeness (QED) is 0.813. The third-order valence-corrected chi connectivity index (χ3v) is 3.64. The van der Waals surface area contributed by atoms with Gasteiger partial charge in [-0.3, -0.25) is 0 Å². The highest BCUT2D eigenvalue weighted by molar-refractivity contribution is 5.60. The Morgan fingerprint density at radius 3 is 2.78 bits per heavy atom. The molecule has 0 aliphatic carbocycles. The Morgan fingerprint density at radius 1 is 1.28 bits per heavy atom. The third-order valence-electron chi connectivity index (χ3n) is 3.64. The second-order valence-electron chi connectivity index (χ2n) is 5.14. The first-order valence-electron chi connectivity index (χ1n) is 6.50. The predicted molar refractivity (Wildman–Crippen MR) is 71.0 cm³/mol. The van der Waals surface area contributed by atoms with Gasteiger partial charge in [-0.1, -0.05) is 6.92 Å². The van der Waals surface area contributed by atoms with Gasteiger partial charge < -0.3 is 10.6 Å². The van der Waals surface area contributed by atoms with Crippen LogP contribution in [0.1, 0.15) is 38.2 Å². The molecule has 1 fully saturated rings. The fourth-order valence-electron chi connectivity index (χ4n) is 2.54. The Kier molecular flexibility index (Phi) is 4.04. The average molecular weight is 254 g/mol. The zero-order valence-corrected chi connectivity index (χ0v) is 10.7. The average Bonchev–Trinajstić information content (AvgIpc) is 2.54. The number of nitrogens with two attached hydrogens (primary N) is 1. The van der Waals surface area contributed by atoms with E-state index in [9.17, 15) is 8.78 Å². The van der Waals surface area contributed by atoms with Crippen LogP contribution in [0.15, 0.2) is 18.2 Å². The van der Waals surface area contributed by atoms with E-state index in [2.05, 4.69) is 11.8 Å². The number of rotatable bonds is 2. The second-order valence-corrected chi connectivity index (χ2v) is 5.14. The number of nitrogens with zero attached hydrogens (tertiary/aromatic N) is 1. The summed E-state index contributed by atoms with van der Waals surface area (Å²) in [5.74, 6) is 0.679. The molecular weight excluding hydrogens is 234 g/mol. The van der Waals surface area contributed by atoms with Gasteiger partial charge in [-0.2, -0.15) is 0 Å². The van der Waals surface area contributed by atoms with Gasteiger partial charge >= 0.3 is 0 Å². The van der Waals surface area contributed by atoms with E-state index in [4.69, 9.17) is 5.73 Å². The van der Waals surface area contributed by atoms with Gasteiger partial charge in [-0.15, -0.1) is 0 Å². The smallest absolute Gasteiger partial charge is 0.265 e. The minimum atomic E-state index is -2.47. The first kappa shape index (κ1) is 13.1. The number of nitrogen functional groups attached to an aromatic ring is 1. The Bertz CT molecular complexity index is 407.